The second-order valence-corrected chi connectivity index (χ2v) is 5.72. The SMILES string of the molecule is COc1cc(NC(=O)C(C)NC(C)c2ccccc2F)cc(OC)c1. The molecule has 134 valence electrons. The molecule has 0 aliphatic carbocycles. The molecular formula is C19H23FN2O3. The molecule has 2 rings (SSSR count). The van der Waals surface area contributed by atoms with E-state index >= 15 is 0 Å². The fourth-order valence-electron chi connectivity index (χ4n) is 2.50. The average molecular weight is 346 g/mol. The van der Waals surface area contributed by atoms with Gasteiger partial charge in [0.05, 0.1) is 20.3 Å². The third kappa shape index (κ3) is 4.93. The maximum atomic E-state index is 13.8. The Balaban J connectivity index is 2.04. The molecule has 0 aliphatic rings. The fourth-order valence-corrected chi connectivity index (χ4v) is 2.50. The molecule has 0 aromatic heterocycles. The van der Waals surface area contributed by atoms with Gasteiger partial charge in [-0.3, -0.25) is 10.1 Å². The lowest BCUT2D eigenvalue weighted by atomic mass is 10.1. The fraction of sp³-hybridized carbons (Fsp3) is 0.316. The van der Waals surface area contributed by atoms with Gasteiger partial charge in [0, 0.05) is 35.5 Å². The Bertz CT molecular complexity index is 714. The minimum absolute atomic E-state index is 0.238. The molecule has 25 heavy (non-hydrogen) atoms. The van der Waals surface area contributed by atoms with E-state index in [-0.39, 0.29) is 17.8 Å². The highest BCUT2D eigenvalue weighted by Crippen LogP contribution is 2.26. The van der Waals surface area contributed by atoms with E-state index in [1.807, 2.05) is 6.92 Å². The average Bonchev–Trinajstić information content (AvgIpc) is 2.61. The molecule has 5 nitrogen and oxygen atoms in total. The summed E-state index contributed by atoms with van der Waals surface area (Å²) in [7, 11) is 3.08. The third-order valence-electron chi connectivity index (χ3n) is 3.88. The molecule has 0 radical (unpaired) electrons. The lowest BCUT2D eigenvalue weighted by Crippen LogP contribution is -2.39. The molecule has 2 aromatic carbocycles. The molecule has 2 unspecified atom stereocenters. The summed E-state index contributed by atoms with van der Waals surface area (Å²) in [5, 5.41) is 5.91. The second kappa shape index (κ2) is 8.48. The van der Waals surface area contributed by atoms with Crippen LogP contribution >= 0.6 is 0 Å². The quantitative estimate of drug-likeness (QED) is 0.805. The predicted molar refractivity (Wildman–Crippen MR) is 95.6 cm³/mol. The van der Waals surface area contributed by atoms with E-state index in [1.165, 1.54) is 6.07 Å². The summed E-state index contributed by atoms with van der Waals surface area (Å²) in [4.78, 5) is 12.4. The summed E-state index contributed by atoms with van der Waals surface area (Å²) in [6, 6.07) is 10.8. The van der Waals surface area contributed by atoms with Crippen molar-refractivity contribution in [3.05, 3.63) is 53.8 Å². The van der Waals surface area contributed by atoms with Gasteiger partial charge in [0.15, 0.2) is 0 Å². The third-order valence-corrected chi connectivity index (χ3v) is 3.88. The van der Waals surface area contributed by atoms with Crippen LogP contribution in [0.25, 0.3) is 0 Å². The van der Waals surface area contributed by atoms with Crippen molar-refractivity contribution < 1.29 is 18.7 Å². The molecule has 0 saturated heterocycles. The molecule has 0 heterocycles. The summed E-state index contributed by atoms with van der Waals surface area (Å²) in [6.07, 6.45) is 0. The van der Waals surface area contributed by atoms with E-state index in [9.17, 15) is 9.18 Å². The number of methoxy groups -OCH3 is 2. The van der Waals surface area contributed by atoms with Gasteiger partial charge >= 0.3 is 0 Å². The van der Waals surface area contributed by atoms with E-state index in [4.69, 9.17) is 9.47 Å². The zero-order chi connectivity index (χ0) is 18.4. The number of rotatable bonds is 7. The van der Waals surface area contributed by atoms with Gasteiger partial charge in [0.25, 0.3) is 0 Å². The van der Waals surface area contributed by atoms with Gasteiger partial charge in [-0.05, 0) is 19.9 Å². The standard InChI is InChI=1S/C19H23FN2O3/c1-12(17-7-5-6-8-18(17)20)21-13(2)19(23)22-14-9-15(24-3)11-16(10-14)25-4/h5-13,21H,1-4H3,(H,22,23). The zero-order valence-electron chi connectivity index (χ0n) is 14.8. The van der Waals surface area contributed by atoms with Gasteiger partial charge in [0.1, 0.15) is 17.3 Å². The van der Waals surface area contributed by atoms with Crippen LogP contribution in [-0.4, -0.2) is 26.2 Å². The minimum atomic E-state index is -0.521. The molecule has 2 N–H and O–H groups in total. The molecule has 1 amide bonds. The van der Waals surface area contributed by atoms with E-state index in [2.05, 4.69) is 10.6 Å². The Kier molecular flexibility index (Phi) is 6.36. The number of ether oxygens (including phenoxy) is 2. The summed E-state index contributed by atoms with van der Waals surface area (Å²) >= 11 is 0. The lowest BCUT2D eigenvalue weighted by molar-refractivity contribution is -0.117. The highest BCUT2D eigenvalue weighted by molar-refractivity contribution is 5.95. The number of hydrogen-bond acceptors (Lipinski definition) is 4. The topological polar surface area (TPSA) is 59.6 Å². The molecule has 2 atom stereocenters. The molecule has 2 aromatic rings. The van der Waals surface area contributed by atoms with Crippen LogP contribution in [-0.2, 0) is 4.79 Å². The van der Waals surface area contributed by atoms with Crippen LogP contribution in [0.4, 0.5) is 10.1 Å². The molecule has 0 fully saturated rings. The van der Waals surface area contributed by atoms with Crippen molar-refractivity contribution in [2.75, 3.05) is 19.5 Å². The van der Waals surface area contributed by atoms with Crippen molar-refractivity contribution in [1.82, 2.24) is 5.32 Å². The Morgan fingerprint density at radius 3 is 2.20 bits per heavy atom. The van der Waals surface area contributed by atoms with Crippen LogP contribution < -0.4 is 20.1 Å². The molecular weight excluding hydrogens is 323 g/mol. The van der Waals surface area contributed by atoms with E-state index < -0.39 is 6.04 Å². The number of anilines is 1. The second-order valence-electron chi connectivity index (χ2n) is 5.72. The molecule has 0 aliphatic heterocycles. The van der Waals surface area contributed by atoms with Crippen molar-refractivity contribution in [1.29, 1.82) is 0 Å². The van der Waals surface area contributed by atoms with Gasteiger partial charge in [-0.15, -0.1) is 0 Å². The van der Waals surface area contributed by atoms with Crippen LogP contribution in [0, 0.1) is 5.82 Å². The zero-order valence-corrected chi connectivity index (χ0v) is 14.8. The molecule has 0 saturated carbocycles. The van der Waals surface area contributed by atoms with Crippen LogP contribution in [0.1, 0.15) is 25.5 Å². The van der Waals surface area contributed by atoms with Gasteiger partial charge in [-0.2, -0.15) is 0 Å². The molecule has 6 heteroatoms. The smallest absolute Gasteiger partial charge is 0.241 e. The molecule has 0 bridgehead atoms. The highest BCUT2D eigenvalue weighted by Gasteiger charge is 2.18. The maximum Gasteiger partial charge on any atom is 0.241 e. The summed E-state index contributed by atoms with van der Waals surface area (Å²) in [5.74, 6) is 0.621. The first-order valence-corrected chi connectivity index (χ1v) is 7.99. The first kappa shape index (κ1) is 18.7. The van der Waals surface area contributed by atoms with Gasteiger partial charge in [-0.25, -0.2) is 4.39 Å². The van der Waals surface area contributed by atoms with Crippen LogP contribution in [0.3, 0.4) is 0 Å². The van der Waals surface area contributed by atoms with Gasteiger partial charge in [0.2, 0.25) is 5.91 Å². The molecule has 0 spiro atoms. The first-order valence-electron chi connectivity index (χ1n) is 7.99. The van der Waals surface area contributed by atoms with E-state index in [0.717, 1.165) is 0 Å². The summed E-state index contributed by atoms with van der Waals surface area (Å²) in [5.41, 5.74) is 1.08. The first-order chi connectivity index (χ1) is 11.9. The van der Waals surface area contributed by atoms with Crippen LogP contribution in [0.15, 0.2) is 42.5 Å². The summed E-state index contributed by atoms with van der Waals surface area (Å²) < 4.78 is 24.2. The Hall–Kier alpha value is -2.60. The van der Waals surface area contributed by atoms with Crippen molar-refractivity contribution in [2.45, 2.75) is 25.9 Å². The number of benzene rings is 2. The maximum absolute atomic E-state index is 13.8. The Labute approximate surface area is 147 Å². The van der Waals surface area contributed by atoms with Crippen LogP contribution in [0.5, 0.6) is 11.5 Å². The monoisotopic (exact) mass is 346 g/mol. The number of carbonyl (C=O) groups is 1. The number of amides is 1. The Morgan fingerprint density at radius 2 is 1.64 bits per heavy atom. The number of nitrogens with one attached hydrogen (secondary N) is 2. The Morgan fingerprint density at radius 1 is 1.04 bits per heavy atom. The van der Waals surface area contributed by atoms with Crippen LogP contribution in [0.2, 0.25) is 0 Å². The number of halogens is 1. The normalized spacial score (nSPS) is 13.0. The van der Waals surface area contributed by atoms with Crippen molar-refractivity contribution in [3.8, 4) is 11.5 Å². The van der Waals surface area contributed by atoms with E-state index in [1.54, 1.807) is 57.5 Å². The van der Waals surface area contributed by atoms with Crippen molar-refractivity contribution in [3.63, 3.8) is 0 Å². The predicted octanol–water partition coefficient (Wildman–Crippen LogP) is 3.52. The number of hydrogen-bond donors (Lipinski definition) is 2. The lowest BCUT2D eigenvalue weighted by Gasteiger charge is -2.20. The highest BCUT2D eigenvalue weighted by atomic mass is 19.1. The van der Waals surface area contributed by atoms with Crippen molar-refractivity contribution >= 4 is 11.6 Å². The largest absolute Gasteiger partial charge is 0.497 e. The number of carbonyl (C=O) groups excluding carboxylic acids is 1. The van der Waals surface area contributed by atoms with Gasteiger partial charge in [-0.1, -0.05) is 18.2 Å². The summed E-state index contributed by atoms with van der Waals surface area (Å²) in [6.45, 7) is 3.54. The minimum Gasteiger partial charge on any atom is -0.497 e. The van der Waals surface area contributed by atoms with Gasteiger partial charge < -0.3 is 14.8 Å². The van der Waals surface area contributed by atoms with E-state index in [0.29, 0.717) is 22.7 Å². The van der Waals surface area contributed by atoms with Crippen molar-refractivity contribution in [2.24, 2.45) is 0 Å².